The molecule has 2 nitrogen and oxygen atoms in total. The molecule has 0 rings (SSSR count). The van der Waals surface area contributed by atoms with Gasteiger partial charge in [-0.1, -0.05) is 33.1 Å². The second-order valence-electron chi connectivity index (χ2n) is 3.99. The normalized spacial score (nSPS) is 12.5. The van der Waals surface area contributed by atoms with Gasteiger partial charge in [0.1, 0.15) is 0 Å². The Bertz CT molecular complexity index is 162. The Hall–Kier alpha value is -0.240. The van der Waals surface area contributed by atoms with Crippen LogP contribution in [0.5, 0.6) is 0 Å². The van der Waals surface area contributed by atoms with Crippen molar-refractivity contribution in [3.8, 4) is 0 Å². The lowest BCUT2D eigenvalue weighted by Gasteiger charge is -2.17. The van der Waals surface area contributed by atoms with Crippen molar-refractivity contribution in [3.05, 3.63) is 0 Å². The van der Waals surface area contributed by atoms with E-state index in [4.69, 9.17) is 11.6 Å². The Morgan fingerprint density at radius 3 is 2.47 bits per heavy atom. The van der Waals surface area contributed by atoms with Gasteiger partial charge in [0, 0.05) is 18.3 Å². The fourth-order valence-corrected chi connectivity index (χ4v) is 1.75. The zero-order valence-electron chi connectivity index (χ0n) is 10.0. The molecule has 0 radical (unpaired) electrons. The quantitative estimate of drug-likeness (QED) is 0.607. The number of halogens is 1. The highest BCUT2D eigenvalue weighted by molar-refractivity contribution is 6.17. The number of amides is 1. The fourth-order valence-electron chi connectivity index (χ4n) is 1.61. The molecule has 15 heavy (non-hydrogen) atoms. The van der Waals surface area contributed by atoms with E-state index in [0.29, 0.717) is 18.3 Å². The molecule has 0 heterocycles. The molecule has 0 bridgehead atoms. The smallest absolute Gasteiger partial charge is 0.220 e. The van der Waals surface area contributed by atoms with Crippen LogP contribution in [0.15, 0.2) is 0 Å². The number of hydrogen-bond acceptors (Lipinski definition) is 1. The summed E-state index contributed by atoms with van der Waals surface area (Å²) in [6.45, 7) is 4.34. The molecular formula is C12H24ClNO. The average Bonchev–Trinajstić information content (AvgIpc) is 2.23. The lowest BCUT2D eigenvalue weighted by atomic mass is 10.0. The van der Waals surface area contributed by atoms with Crippen LogP contribution in [0, 0.1) is 0 Å². The second kappa shape index (κ2) is 10.3. The van der Waals surface area contributed by atoms with Crippen LogP contribution in [0.25, 0.3) is 0 Å². The zero-order chi connectivity index (χ0) is 11.5. The Kier molecular flexibility index (Phi) is 10.1. The van der Waals surface area contributed by atoms with Crippen molar-refractivity contribution in [1.82, 2.24) is 5.32 Å². The molecule has 0 aromatic heterocycles. The first-order valence-electron chi connectivity index (χ1n) is 6.09. The van der Waals surface area contributed by atoms with Crippen LogP contribution < -0.4 is 5.32 Å². The highest BCUT2D eigenvalue weighted by atomic mass is 35.5. The third-order valence-electron chi connectivity index (χ3n) is 2.45. The Labute approximate surface area is 98.8 Å². The van der Waals surface area contributed by atoms with Gasteiger partial charge in [-0.25, -0.2) is 0 Å². The molecule has 0 aliphatic rings. The van der Waals surface area contributed by atoms with E-state index in [0.717, 1.165) is 25.7 Å². The lowest BCUT2D eigenvalue weighted by molar-refractivity contribution is -0.121. The van der Waals surface area contributed by atoms with Gasteiger partial charge >= 0.3 is 0 Å². The molecule has 1 unspecified atom stereocenters. The number of unbranched alkanes of at least 4 members (excludes halogenated alkanes) is 1. The van der Waals surface area contributed by atoms with Crippen molar-refractivity contribution >= 4 is 17.5 Å². The first-order chi connectivity index (χ1) is 7.24. The molecule has 0 saturated heterocycles. The van der Waals surface area contributed by atoms with Gasteiger partial charge in [-0.2, -0.15) is 0 Å². The average molecular weight is 234 g/mol. The van der Waals surface area contributed by atoms with Crippen molar-refractivity contribution in [1.29, 1.82) is 0 Å². The molecule has 1 amide bonds. The Balaban J connectivity index is 3.76. The molecule has 0 fully saturated rings. The van der Waals surface area contributed by atoms with Gasteiger partial charge < -0.3 is 5.32 Å². The molecule has 1 N–H and O–H groups in total. The molecule has 0 spiro atoms. The summed E-state index contributed by atoms with van der Waals surface area (Å²) in [6.07, 6.45) is 7.06. The predicted molar refractivity (Wildman–Crippen MR) is 66.3 cm³/mol. The summed E-state index contributed by atoms with van der Waals surface area (Å²) in [5.74, 6) is 0.728. The molecule has 0 aromatic rings. The largest absolute Gasteiger partial charge is 0.353 e. The standard InChI is InChI=1S/C12H24ClNO/c1-3-5-8-11(7-4-2)14-12(15)9-6-10-13/h11H,3-10H2,1-2H3,(H,14,15). The van der Waals surface area contributed by atoms with Gasteiger partial charge in [-0.05, 0) is 19.3 Å². The van der Waals surface area contributed by atoms with Crippen molar-refractivity contribution in [2.24, 2.45) is 0 Å². The molecule has 0 aliphatic heterocycles. The second-order valence-corrected chi connectivity index (χ2v) is 4.37. The van der Waals surface area contributed by atoms with E-state index in [1.807, 2.05) is 0 Å². The van der Waals surface area contributed by atoms with Gasteiger partial charge in [-0.3, -0.25) is 4.79 Å². The van der Waals surface area contributed by atoms with Gasteiger partial charge in [0.25, 0.3) is 0 Å². The van der Waals surface area contributed by atoms with Crippen molar-refractivity contribution < 1.29 is 4.79 Å². The lowest BCUT2D eigenvalue weighted by Crippen LogP contribution is -2.34. The van der Waals surface area contributed by atoms with E-state index in [1.165, 1.54) is 12.8 Å². The Morgan fingerprint density at radius 2 is 1.93 bits per heavy atom. The van der Waals surface area contributed by atoms with Gasteiger partial charge in [-0.15, -0.1) is 11.6 Å². The summed E-state index contributed by atoms with van der Waals surface area (Å²) in [7, 11) is 0. The predicted octanol–water partition coefficient (Wildman–Crippen LogP) is 3.48. The van der Waals surface area contributed by atoms with Crippen LogP contribution >= 0.6 is 11.6 Å². The molecule has 90 valence electrons. The molecule has 0 aromatic carbocycles. The summed E-state index contributed by atoms with van der Waals surface area (Å²) in [5, 5.41) is 3.09. The maximum atomic E-state index is 11.5. The molecule has 0 saturated carbocycles. The van der Waals surface area contributed by atoms with E-state index >= 15 is 0 Å². The summed E-state index contributed by atoms with van der Waals surface area (Å²) in [6, 6.07) is 0.373. The topological polar surface area (TPSA) is 29.1 Å². The van der Waals surface area contributed by atoms with Gasteiger partial charge in [0.2, 0.25) is 5.91 Å². The number of carbonyl (C=O) groups is 1. The SMILES string of the molecule is CCCCC(CCC)NC(=O)CCCCl. The first-order valence-corrected chi connectivity index (χ1v) is 6.63. The number of rotatable bonds is 9. The maximum absolute atomic E-state index is 11.5. The summed E-state index contributed by atoms with van der Waals surface area (Å²) < 4.78 is 0. The van der Waals surface area contributed by atoms with E-state index in [1.54, 1.807) is 0 Å². The maximum Gasteiger partial charge on any atom is 0.220 e. The third kappa shape index (κ3) is 8.73. The molecule has 0 aliphatic carbocycles. The number of nitrogens with one attached hydrogen (secondary N) is 1. The number of hydrogen-bond donors (Lipinski definition) is 1. The Morgan fingerprint density at radius 1 is 1.20 bits per heavy atom. The monoisotopic (exact) mass is 233 g/mol. The molecule has 1 atom stereocenters. The van der Waals surface area contributed by atoms with E-state index in [-0.39, 0.29) is 5.91 Å². The van der Waals surface area contributed by atoms with Crippen LogP contribution in [0.4, 0.5) is 0 Å². The van der Waals surface area contributed by atoms with Crippen LogP contribution in [-0.2, 0) is 4.79 Å². The van der Waals surface area contributed by atoms with Crippen LogP contribution in [-0.4, -0.2) is 17.8 Å². The summed E-state index contributed by atoms with van der Waals surface area (Å²) >= 11 is 5.55. The fraction of sp³-hybridized carbons (Fsp3) is 0.917. The summed E-state index contributed by atoms with van der Waals surface area (Å²) in [4.78, 5) is 11.5. The third-order valence-corrected chi connectivity index (χ3v) is 2.71. The van der Waals surface area contributed by atoms with Crippen molar-refractivity contribution in [2.75, 3.05) is 5.88 Å². The van der Waals surface area contributed by atoms with E-state index < -0.39 is 0 Å². The van der Waals surface area contributed by atoms with Gasteiger partial charge in [0.15, 0.2) is 0 Å². The van der Waals surface area contributed by atoms with Crippen LogP contribution in [0.3, 0.4) is 0 Å². The minimum Gasteiger partial charge on any atom is -0.353 e. The first kappa shape index (κ1) is 14.8. The van der Waals surface area contributed by atoms with Gasteiger partial charge in [0.05, 0.1) is 0 Å². The van der Waals surface area contributed by atoms with E-state index in [9.17, 15) is 4.79 Å². The van der Waals surface area contributed by atoms with Crippen LogP contribution in [0.2, 0.25) is 0 Å². The number of alkyl halides is 1. The van der Waals surface area contributed by atoms with Crippen LogP contribution in [0.1, 0.15) is 58.8 Å². The minimum absolute atomic E-state index is 0.158. The highest BCUT2D eigenvalue weighted by Crippen LogP contribution is 2.07. The molecule has 3 heteroatoms. The zero-order valence-corrected chi connectivity index (χ0v) is 10.8. The highest BCUT2D eigenvalue weighted by Gasteiger charge is 2.10. The van der Waals surface area contributed by atoms with E-state index in [2.05, 4.69) is 19.2 Å². The summed E-state index contributed by atoms with van der Waals surface area (Å²) in [5.41, 5.74) is 0. The minimum atomic E-state index is 0.158. The van der Waals surface area contributed by atoms with Crippen molar-refractivity contribution in [3.63, 3.8) is 0 Å². The van der Waals surface area contributed by atoms with Crippen molar-refractivity contribution in [2.45, 2.75) is 64.8 Å². The molecular weight excluding hydrogens is 210 g/mol. The number of carbonyl (C=O) groups excluding carboxylic acids is 1.